The van der Waals surface area contributed by atoms with E-state index in [1.54, 1.807) is 0 Å². The molecule has 1 N–H and O–H groups in total. The Balaban J connectivity index is 2.52. The average Bonchev–Trinajstić information content (AvgIpc) is 2.47. The number of aryl methyl sites for hydroxylation is 1. The number of rotatable bonds is 5. The fourth-order valence-electron chi connectivity index (χ4n) is 2.31. The van der Waals surface area contributed by atoms with E-state index in [1.807, 2.05) is 0 Å². The third kappa shape index (κ3) is 4.30. The van der Waals surface area contributed by atoms with Crippen LogP contribution in [0.4, 0.5) is 0 Å². The molecule has 21 heavy (non-hydrogen) atoms. The molecule has 2 rings (SSSR count). The summed E-state index contributed by atoms with van der Waals surface area (Å²) in [4.78, 5) is 0. The molecule has 0 heterocycles. The minimum absolute atomic E-state index is 0.198. The first-order valence-corrected chi connectivity index (χ1v) is 9.64. The van der Waals surface area contributed by atoms with Crippen LogP contribution in [0.1, 0.15) is 36.1 Å². The van der Waals surface area contributed by atoms with E-state index in [2.05, 4.69) is 110 Å². The van der Waals surface area contributed by atoms with Crippen LogP contribution in [0.3, 0.4) is 0 Å². The van der Waals surface area contributed by atoms with E-state index in [-0.39, 0.29) is 6.04 Å². The van der Waals surface area contributed by atoms with Crippen molar-refractivity contribution >= 4 is 54.5 Å². The molecule has 4 heteroatoms. The minimum atomic E-state index is 0.198. The summed E-state index contributed by atoms with van der Waals surface area (Å²) in [6.45, 7) is 5.35. The van der Waals surface area contributed by atoms with Crippen molar-refractivity contribution in [2.24, 2.45) is 0 Å². The van der Waals surface area contributed by atoms with Gasteiger partial charge in [0, 0.05) is 12.5 Å². The molecule has 2 aromatic rings. The topological polar surface area (TPSA) is 12.0 Å². The molecule has 0 saturated heterocycles. The third-order valence-corrected chi connectivity index (χ3v) is 6.09. The largest absolute Gasteiger partial charge is 0.306 e. The zero-order valence-electron chi connectivity index (χ0n) is 12.1. The Morgan fingerprint density at radius 1 is 1.14 bits per heavy atom. The summed E-state index contributed by atoms with van der Waals surface area (Å²) in [6, 6.07) is 13.1. The highest BCUT2D eigenvalue weighted by Gasteiger charge is 2.19. The average molecular weight is 523 g/mol. The van der Waals surface area contributed by atoms with E-state index in [0.29, 0.717) is 0 Å². The Morgan fingerprint density at radius 3 is 2.62 bits per heavy atom. The predicted octanol–water partition coefficient (Wildman–Crippen LogP) is 6.21. The maximum absolute atomic E-state index is 3.70. The van der Waals surface area contributed by atoms with Gasteiger partial charge in [-0.1, -0.05) is 57.0 Å². The van der Waals surface area contributed by atoms with Crippen LogP contribution in [-0.4, -0.2) is 6.54 Å². The lowest BCUT2D eigenvalue weighted by Crippen LogP contribution is -2.24. The molecule has 0 fully saturated rings. The first-order chi connectivity index (χ1) is 10.0. The van der Waals surface area contributed by atoms with Gasteiger partial charge in [-0.2, -0.15) is 0 Å². The second kappa shape index (κ2) is 8.09. The maximum Gasteiger partial charge on any atom is 0.0598 e. The molecule has 1 atom stereocenters. The second-order valence-electron chi connectivity index (χ2n) is 5.03. The van der Waals surface area contributed by atoms with Gasteiger partial charge in [-0.05, 0) is 77.4 Å². The summed E-state index contributed by atoms with van der Waals surface area (Å²) < 4.78 is 3.57. The van der Waals surface area contributed by atoms with Crippen molar-refractivity contribution in [2.75, 3.05) is 6.54 Å². The van der Waals surface area contributed by atoms with Crippen molar-refractivity contribution in [1.82, 2.24) is 5.32 Å². The zero-order chi connectivity index (χ0) is 15.4. The Bertz CT molecular complexity index is 626. The summed E-state index contributed by atoms with van der Waals surface area (Å²) in [7, 11) is 0. The summed E-state index contributed by atoms with van der Waals surface area (Å²) in [6.07, 6.45) is 1.12. The molecule has 112 valence electrons. The lowest BCUT2D eigenvalue weighted by molar-refractivity contribution is 0.594. The van der Waals surface area contributed by atoms with Crippen molar-refractivity contribution in [3.8, 4) is 0 Å². The van der Waals surface area contributed by atoms with Crippen LogP contribution in [0.15, 0.2) is 45.3 Å². The van der Waals surface area contributed by atoms with Crippen LogP contribution in [0.5, 0.6) is 0 Å². The Labute approximate surface area is 157 Å². The number of halogens is 3. The molecule has 0 saturated carbocycles. The first kappa shape index (κ1) is 17.4. The fourth-order valence-corrected chi connectivity index (χ4v) is 3.83. The minimum Gasteiger partial charge on any atom is -0.306 e. The lowest BCUT2D eigenvalue weighted by atomic mass is 9.97. The van der Waals surface area contributed by atoms with E-state index in [4.69, 9.17) is 0 Å². The second-order valence-corrected chi connectivity index (χ2v) is 7.88. The molecule has 0 aliphatic heterocycles. The van der Waals surface area contributed by atoms with Gasteiger partial charge in [-0.15, -0.1) is 0 Å². The summed E-state index contributed by atoms with van der Waals surface area (Å²) >= 11 is 9.74. The van der Waals surface area contributed by atoms with Gasteiger partial charge in [0.05, 0.1) is 6.04 Å². The smallest absolute Gasteiger partial charge is 0.0598 e. The summed E-state index contributed by atoms with van der Waals surface area (Å²) in [5.41, 5.74) is 3.92. The third-order valence-electron chi connectivity index (χ3n) is 3.40. The molecule has 0 bridgehead atoms. The molecule has 0 aromatic heterocycles. The lowest BCUT2D eigenvalue weighted by Gasteiger charge is -2.23. The standard InChI is InChI=1S/C17H18Br2IN/c1-3-9-21-17(13-6-4-5-11(2)16(13)20)14-10-12(18)7-8-15(14)19/h4-8,10,17,21H,3,9H2,1-2H3. The SMILES string of the molecule is CCCNC(c1cc(Br)ccc1Br)c1cccc(C)c1I. The molecule has 0 radical (unpaired) electrons. The summed E-state index contributed by atoms with van der Waals surface area (Å²) in [5.74, 6) is 0. The van der Waals surface area contributed by atoms with Crippen molar-refractivity contribution < 1.29 is 0 Å². The highest BCUT2D eigenvalue weighted by molar-refractivity contribution is 14.1. The highest BCUT2D eigenvalue weighted by Crippen LogP contribution is 2.34. The molecular weight excluding hydrogens is 505 g/mol. The molecule has 1 unspecified atom stereocenters. The van der Waals surface area contributed by atoms with Crippen LogP contribution in [-0.2, 0) is 0 Å². The Hall–Kier alpha value is 0.0900. The van der Waals surface area contributed by atoms with Crippen molar-refractivity contribution in [1.29, 1.82) is 0 Å². The van der Waals surface area contributed by atoms with Gasteiger partial charge in [0.15, 0.2) is 0 Å². The highest BCUT2D eigenvalue weighted by atomic mass is 127. The number of nitrogens with one attached hydrogen (secondary N) is 1. The number of hydrogen-bond donors (Lipinski definition) is 1. The quantitative estimate of drug-likeness (QED) is 0.460. The fraction of sp³-hybridized carbons (Fsp3) is 0.294. The van der Waals surface area contributed by atoms with Gasteiger partial charge >= 0.3 is 0 Å². The van der Waals surface area contributed by atoms with Gasteiger partial charge in [-0.3, -0.25) is 0 Å². The van der Waals surface area contributed by atoms with E-state index < -0.39 is 0 Å². The van der Waals surface area contributed by atoms with E-state index >= 15 is 0 Å². The van der Waals surface area contributed by atoms with Gasteiger partial charge in [0.1, 0.15) is 0 Å². The van der Waals surface area contributed by atoms with E-state index in [1.165, 1.54) is 20.3 Å². The van der Waals surface area contributed by atoms with Gasteiger partial charge in [0.2, 0.25) is 0 Å². The van der Waals surface area contributed by atoms with Crippen LogP contribution < -0.4 is 5.32 Å². The molecule has 0 aliphatic carbocycles. The molecule has 0 aliphatic rings. The van der Waals surface area contributed by atoms with E-state index in [0.717, 1.165) is 21.9 Å². The summed E-state index contributed by atoms with van der Waals surface area (Å²) in [5, 5.41) is 3.68. The predicted molar refractivity (Wildman–Crippen MR) is 106 cm³/mol. The molecule has 1 nitrogen and oxygen atoms in total. The van der Waals surface area contributed by atoms with Gasteiger partial charge < -0.3 is 5.32 Å². The first-order valence-electron chi connectivity index (χ1n) is 6.98. The Morgan fingerprint density at radius 2 is 1.90 bits per heavy atom. The van der Waals surface area contributed by atoms with Gasteiger partial charge in [-0.25, -0.2) is 0 Å². The van der Waals surface area contributed by atoms with Crippen molar-refractivity contribution in [2.45, 2.75) is 26.3 Å². The van der Waals surface area contributed by atoms with Crippen molar-refractivity contribution in [3.05, 3.63) is 65.6 Å². The monoisotopic (exact) mass is 521 g/mol. The Kier molecular flexibility index (Phi) is 6.72. The zero-order valence-corrected chi connectivity index (χ0v) is 17.4. The van der Waals surface area contributed by atoms with Gasteiger partial charge in [0.25, 0.3) is 0 Å². The molecule has 2 aromatic carbocycles. The maximum atomic E-state index is 3.70. The molecule has 0 spiro atoms. The number of hydrogen-bond acceptors (Lipinski definition) is 1. The molecular formula is C17H18Br2IN. The number of benzene rings is 2. The molecule has 0 amide bonds. The van der Waals surface area contributed by atoms with Crippen LogP contribution in [0, 0.1) is 10.5 Å². The van der Waals surface area contributed by atoms with E-state index in [9.17, 15) is 0 Å². The van der Waals surface area contributed by atoms with Crippen molar-refractivity contribution in [3.63, 3.8) is 0 Å². The van der Waals surface area contributed by atoms with Crippen LogP contribution in [0.2, 0.25) is 0 Å². The van der Waals surface area contributed by atoms with Crippen LogP contribution in [0.25, 0.3) is 0 Å². The normalized spacial score (nSPS) is 12.4. The van der Waals surface area contributed by atoms with Crippen LogP contribution >= 0.6 is 54.5 Å².